The SMILES string of the molecule is CN(CC(F)(F)F)C(=O)Nc1ccc(CC(=O)O)nc1. The molecular formula is C11H12F3N3O3. The van der Waals surface area contributed by atoms with Gasteiger partial charge in [0.25, 0.3) is 0 Å². The zero-order valence-corrected chi connectivity index (χ0v) is 10.4. The van der Waals surface area contributed by atoms with Crippen molar-refractivity contribution in [3.8, 4) is 0 Å². The number of halogens is 3. The Balaban J connectivity index is 2.60. The maximum absolute atomic E-state index is 12.1. The second-order valence-electron chi connectivity index (χ2n) is 4.01. The topological polar surface area (TPSA) is 82.5 Å². The van der Waals surface area contributed by atoms with Gasteiger partial charge in [-0.3, -0.25) is 9.78 Å². The summed E-state index contributed by atoms with van der Waals surface area (Å²) in [5.74, 6) is -1.06. The summed E-state index contributed by atoms with van der Waals surface area (Å²) in [4.78, 5) is 26.1. The Hall–Kier alpha value is -2.32. The third kappa shape index (κ3) is 5.55. The number of carbonyl (C=O) groups is 2. The van der Waals surface area contributed by atoms with Crippen LogP contribution >= 0.6 is 0 Å². The van der Waals surface area contributed by atoms with Crippen LogP contribution in [0, 0.1) is 0 Å². The van der Waals surface area contributed by atoms with Crippen LogP contribution < -0.4 is 5.32 Å². The third-order valence-corrected chi connectivity index (χ3v) is 2.17. The van der Waals surface area contributed by atoms with E-state index in [4.69, 9.17) is 5.11 Å². The first-order valence-corrected chi connectivity index (χ1v) is 5.43. The number of carboxylic acids is 1. The zero-order chi connectivity index (χ0) is 15.3. The molecule has 0 saturated heterocycles. The molecule has 1 rings (SSSR count). The van der Waals surface area contributed by atoms with Crippen molar-refractivity contribution in [3.63, 3.8) is 0 Å². The number of carboxylic acid groups (broad SMARTS) is 1. The van der Waals surface area contributed by atoms with Gasteiger partial charge in [-0.1, -0.05) is 0 Å². The predicted molar refractivity (Wildman–Crippen MR) is 63.3 cm³/mol. The van der Waals surface area contributed by atoms with Crippen LogP contribution in [-0.2, 0) is 11.2 Å². The maximum Gasteiger partial charge on any atom is 0.406 e. The number of anilines is 1. The summed E-state index contributed by atoms with van der Waals surface area (Å²) in [6.07, 6.45) is -3.57. The van der Waals surface area contributed by atoms with Crippen LogP contribution in [0.5, 0.6) is 0 Å². The van der Waals surface area contributed by atoms with E-state index < -0.39 is 24.7 Å². The lowest BCUT2D eigenvalue weighted by Gasteiger charge is -2.19. The molecule has 0 radical (unpaired) electrons. The van der Waals surface area contributed by atoms with E-state index in [1.807, 2.05) is 0 Å². The number of alkyl halides is 3. The van der Waals surface area contributed by atoms with E-state index in [2.05, 4.69) is 10.3 Å². The summed E-state index contributed by atoms with van der Waals surface area (Å²) in [7, 11) is 1.01. The quantitative estimate of drug-likeness (QED) is 0.885. The number of nitrogens with one attached hydrogen (secondary N) is 1. The molecule has 0 aliphatic rings. The molecule has 0 saturated carbocycles. The number of hydrogen-bond acceptors (Lipinski definition) is 3. The van der Waals surface area contributed by atoms with E-state index in [-0.39, 0.29) is 17.8 Å². The van der Waals surface area contributed by atoms with Gasteiger partial charge in [-0.15, -0.1) is 0 Å². The van der Waals surface area contributed by atoms with E-state index in [1.54, 1.807) is 0 Å². The Bertz CT molecular complexity index is 488. The minimum Gasteiger partial charge on any atom is -0.481 e. The number of pyridine rings is 1. The Morgan fingerprint density at radius 2 is 2.05 bits per heavy atom. The van der Waals surface area contributed by atoms with Crippen LogP contribution in [0.1, 0.15) is 5.69 Å². The number of carbonyl (C=O) groups excluding carboxylic acids is 1. The van der Waals surface area contributed by atoms with Gasteiger partial charge in [-0.25, -0.2) is 4.79 Å². The normalized spacial score (nSPS) is 11.0. The summed E-state index contributed by atoms with van der Waals surface area (Å²) in [6.45, 7) is -1.37. The van der Waals surface area contributed by atoms with Crippen LogP contribution in [0.4, 0.5) is 23.7 Å². The molecule has 6 nitrogen and oxygen atoms in total. The highest BCUT2D eigenvalue weighted by molar-refractivity contribution is 5.89. The summed E-state index contributed by atoms with van der Waals surface area (Å²) < 4.78 is 36.3. The van der Waals surface area contributed by atoms with Crippen LogP contribution in [0.2, 0.25) is 0 Å². The van der Waals surface area contributed by atoms with E-state index >= 15 is 0 Å². The monoisotopic (exact) mass is 291 g/mol. The number of nitrogens with zero attached hydrogens (tertiary/aromatic N) is 2. The Morgan fingerprint density at radius 3 is 2.50 bits per heavy atom. The van der Waals surface area contributed by atoms with Gasteiger partial charge in [0.1, 0.15) is 6.54 Å². The molecule has 2 amide bonds. The number of urea groups is 1. The van der Waals surface area contributed by atoms with Gasteiger partial charge < -0.3 is 15.3 Å². The molecule has 0 unspecified atom stereocenters. The number of amides is 2. The average Bonchev–Trinajstić information content (AvgIpc) is 2.28. The van der Waals surface area contributed by atoms with Crippen LogP contribution in [0.25, 0.3) is 0 Å². The van der Waals surface area contributed by atoms with Crippen molar-refractivity contribution in [2.75, 3.05) is 18.9 Å². The smallest absolute Gasteiger partial charge is 0.406 e. The number of aromatic nitrogens is 1. The lowest BCUT2D eigenvalue weighted by molar-refractivity contribution is -0.137. The molecule has 0 fully saturated rings. The second kappa shape index (κ2) is 6.22. The Labute approximate surface area is 112 Å². The van der Waals surface area contributed by atoms with Crippen molar-refractivity contribution in [1.82, 2.24) is 9.88 Å². The number of hydrogen-bond donors (Lipinski definition) is 2. The molecule has 2 N–H and O–H groups in total. The highest BCUT2D eigenvalue weighted by atomic mass is 19.4. The van der Waals surface area contributed by atoms with Gasteiger partial charge in [0.2, 0.25) is 0 Å². The highest BCUT2D eigenvalue weighted by Crippen LogP contribution is 2.16. The molecule has 0 aromatic carbocycles. The maximum atomic E-state index is 12.1. The molecule has 20 heavy (non-hydrogen) atoms. The average molecular weight is 291 g/mol. The molecule has 0 spiro atoms. The highest BCUT2D eigenvalue weighted by Gasteiger charge is 2.31. The van der Waals surface area contributed by atoms with Crippen molar-refractivity contribution in [3.05, 3.63) is 24.0 Å². The summed E-state index contributed by atoms with van der Waals surface area (Å²) in [5, 5.41) is 10.8. The van der Waals surface area contributed by atoms with E-state index in [9.17, 15) is 22.8 Å². The van der Waals surface area contributed by atoms with Gasteiger partial charge in [-0.2, -0.15) is 13.2 Å². The molecule has 1 aromatic heterocycles. The van der Waals surface area contributed by atoms with Crippen LogP contribution in [0.3, 0.4) is 0 Å². The van der Waals surface area contributed by atoms with Gasteiger partial charge >= 0.3 is 18.2 Å². The second-order valence-corrected chi connectivity index (χ2v) is 4.01. The third-order valence-electron chi connectivity index (χ3n) is 2.17. The van der Waals surface area contributed by atoms with E-state index in [0.717, 1.165) is 7.05 Å². The number of aliphatic carboxylic acids is 1. The molecule has 110 valence electrons. The largest absolute Gasteiger partial charge is 0.481 e. The first kappa shape index (κ1) is 15.7. The molecule has 1 heterocycles. The standard InChI is InChI=1S/C11H12F3N3O3/c1-17(6-11(12,13)14)10(20)16-8-3-2-7(15-5-8)4-9(18)19/h2-3,5H,4,6H2,1H3,(H,16,20)(H,18,19). The molecule has 1 aromatic rings. The van der Waals surface area contributed by atoms with Crippen molar-refractivity contribution in [1.29, 1.82) is 0 Å². The minimum absolute atomic E-state index is 0.179. The summed E-state index contributed by atoms with van der Waals surface area (Å²) >= 11 is 0. The summed E-state index contributed by atoms with van der Waals surface area (Å²) in [5.41, 5.74) is 0.456. The molecule has 0 atom stereocenters. The molecule has 0 aliphatic carbocycles. The fraction of sp³-hybridized carbons (Fsp3) is 0.364. The minimum atomic E-state index is -4.48. The molecule has 0 aliphatic heterocycles. The van der Waals surface area contributed by atoms with Gasteiger partial charge in [0, 0.05) is 7.05 Å². The predicted octanol–water partition coefficient (Wildman–Crippen LogP) is 1.73. The van der Waals surface area contributed by atoms with E-state index in [0.29, 0.717) is 4.90 Å². The van der Waals surface area contributed by atoms with Crippen molar-refractivity contribution >= 4 is 17.7 Å². The molecule has 9 heteroatoms. The summed E-state index contributed by atoms with van der Waals surface area (Å²) in [6, 6.07) is 1.80. The Morgan fingerprint density at radius 1 is 1.40 bits per heavy atom. The van der Waals surface area contributed by atoms with Crippen molar-refractivity contribution in [2.45, 2.75) is 12.6 Å². The number of rotatable bonds is 4. The Kier molecular flexibility index (Phi) is 4.89. The van der Waals surface area contributed by atoms with Crippen molar-refractivity contribution in [2.24, 2.45) is 0 Å². The first-order chi connectivity index (χ1) is 9.17. The van der Waals surface area contributed by atoms with Gasteiger partial charge in [0.15, 0.2) is 0 Å². The van der Waals surface area contributed by atoms with Crippen LogP contribution in [0.15, 0.2) is 18.3 Å². The zero-order valence-electron chi connectivity index (χ0n) is 10.4. The fourth-order valence-electron chi connectivity index (χ4n) is 1.32. The fourth-order valence-corrected chi connectivity index (χ4v) is 1.32. The van der Waals surface area contributed by atoms with E-state index in [1.165, 1.54) is 18.3 Å². The van der Waals surface area contributed by atoms with Crippen LogP contribution in [-0.4, -0.2) is 46.8 Å². The van der Waals surface area contributed by atoms with Gasteiger partial charge in [0.05, 0.1) is 24.0 Å². The first-order valence-electron chi connectivity index (χ1n) is 5.43. The van der Waals surface area contributed by atoms with Gasteiger partial charge in [-0.05, 0) is 12.1 Å². The lowest BCUT2D eigenvalue weighted by atomic mass is 10.2. The molecule has 0 bridgehead atoms. The lowest BCUT2D eigenvalue weighted by Crippen LogP contribution is -2.38. The molecular weight excluding hydrogens is 279 g/mol. The van der Waals surface area contributed by atoms with Crippen molar-refractivity contribution < 1.29 is 27.9 Å².